The van der Waals surface area contributed by atoms with Crippen LogP contribution in [-0.4, -0.2) is 35.7 Å². The van der Waals surface area contributed by atoms with Crippen LogP contribution in [0.5, 0.6) is 0 Å². The molecule has 1 aromatic rings. The molecule has 1 saturated heterocycles. The molecule has 1 unspecified atom stereocenters. The van der Waals surface area contributed by atoms with Crippen molar-refractivity contribution in [1.82, 2.24) is 5.32 Å². The normalized spacial score (nSPS) is 20.4. The van der Waals surface area contributed by atoms with E-state index in [4.69, 9.17) is 9.84 Å². The van der Waals surface area contributed by atoms with Gasteiger partial charge >= 0.3 is 5.97 Å². The van der Waals surface area contributed by atoms with Crippen molar-refractivity contribution in [1.29, 1.82) is 0 Å². The quantitative estimate of drug-likeness (QED) is 0.803. The summed E-state index contributed by atoms with van der Waals surface area (Å²) in [5.41, 5.74) is -0.230. The molecular formula is C16H19F2NO4. The van der Waals surface area contributed by atoms with E-state index >= 15 is 0 Å². The first-order chi connectivity index (χ1) is 10.9. The van der Waals surface area contributed by atoms with Crippen molar-refractivity contribution >= 4 is 11.9 Å². The number of hydrogen-bond acceptors (Lipinski definition) is 3. The molecule has 1 fully saturated rings. The van der Waals surface area contributed by atoms with Gasteiger partial charge in [0.2, 0.25) is 5.91 Å². The standard InChI is InChI=1S/C16H19F2NO4/c17-12-5-4-11(8-13(12)18)2-1-3-14(20)19-16(9-15(21)22)6-7-23-10-16/h4-5,8H,1-3,6-7,9-10H2,(H,19,20)(H,21,22). The lowest BCUT2D eigenvalue weighted by Crippen LogP contribution is -2.50. The number of ether oxygens (including phenoxy) is 1. The van der Waals surface area contributed by atoms with Crippen LogP contribution in [0.15, 0.2) is 18.2 Å². The average molecular weight is 327 g/mol. The Morgan fingerprint density at radius 3 is 2.70 bits per heavy atom. The van der Waals surface area contributed by atoms with E-state index in [1.807, 2.05) is 0 Å². The maximum Gasteiger partial charge on any atom is 0.305 e. The Labute approximate surface area is 132 Å². The third kappa shape index (κ3) is 4.99. The predicted octanol–water partition coefficient (Wildman–Crippen LogP) is 2.04. The van der Waals surface area contributed by atoms with Gasteiger partial charge in [0.1, 0.15) is 0 Å². The summed E-state index contributed by atoms with van der Waals surface area (Å²) in [7, 11) is 0. The number of aliphatic carboxylic acids is 1. The molecule has 1 atom stereocenters. The molecule has 0 bridgehead atoms. The van der Waals surface area contributed by atoms with Gasteiger partial charge in [-0.05, 0) is 37.0 Å². The summed E-state index contributed by atoms with van der Waals surface area (Å²) in [6.45, 7) is 0.608. The number of hydrogen-bond donors (Lipinski definition) is 2. The molecule has 5 nitrogen and oxygen atoms in total. The zero-order valence-electron chi connectivity index (χ0n) is 12.6. The third-order valence-corrected chi connectivity index (χ3v) is 3.85. The van der Waals surface area contributed by atoms with Crippen molar-refractivity contribution in [2.75, 3.05) is 13.2 Å². The molecule has 0 radical (unpaired) electrons. The number of aryl methyl sites for hydroxylation is 1. The summed E-state index contributed by atoms with van der Waals surface area (Å²) in [6.07, 6.45) is 1.37. The minimum absolute atomic E-state index is 0.179. The lowest BCUT2D eigenvalue weighted by atomic mass is 9.94. The highest BCUT2D eigenvalue weighted by atomic mass is 19.2. The van der Waals surface area contributed by atoms with Gasteiger partial charge in [0.05, 0.1) is 18.6 Å². The Morgan fingerprint density at radius 1 is 1.30 bits per heavy atom. The van der Waals surface area contributed by atoms with E-state index in [0.717, 1.165) is 12.1 Å². The lowest BCUT2D eigenvalue weighted by molar-refractivity contribution is -0.139. The van der Waals surface area contributed by atoms with Gasteiger partial charge in [0.15, 0.2) is 11.6 Å². The molecule has 0 saturated carbocycles. The van der Waals surface area contributed by atoms with Crippen LogP contribution < -0.4 is 5.32 Å². The molecule has 1 amide bonds. The van der Waals surface area contributed by atoms with E-state index in [9.17, 15) is 18.4 Å². The van der Waals surface area contributed by atoms with Gasteiger partial charge in [-0.15, -0.1) is 0 Å². The van der Waals surface area contributed by atoms with Gasteiger partial charge in [0, 0.05) is 13.0 Å². The molecule has 0 spiro atoms. The van der Waals surface area contributed by atoms with Crippen molar-refractivity contribution in [3.63, 3.8) is 0 Å². The van der Waals surface area contributed by atoms with Crippen molar-refractivity contribution in [2.24, 2.45) is 0 Å². The molecule has 2 N–H and O–H groups in total. The van der Waals surface area contributed by atoms with Crippen LogP contribution >= 0.6 is 0 Å². The largest absolute Gasteiger partial charge is 0.481 e. The number of nitrogens with one attached hydrogen (secondary N) is 1. The van der Waals surface area contributed by atoms with E-state index in [1.54, 1.807) is 0 Å². The number of rotatable bonds is 7. The van der Waals surface area contributed by atoms with Crippen LogP contribution in [0.1, 0.15) is 31.2 Å². The monoisotopic (exact) mass is 327 g/mol. The van der Waals surface area contributed by atoms with Gasteiger partial charge < -0.3 is 15.2 Å². The summed E-state index contributed by atoms with van der Waals surface area (Å²) in [5, 5.41) is 11.7. The number of carboxylic acids is 1. The van der Waals surface area contributed by atoms with Gasteiger partial charge in [-0.25, -0.2) is 8.78 Å². The highest BCUT2D eigenvalue weighted by molar-refractivity contribution is 5.78. The summed E-state index contributed by atoms with van der Waals surface area (Å²) >= 11 is 0. The van der Waals surface area contributed by atoms with Gasteiger partial charge in [-0.3, -0.25) is 9.59 Å². The fraction of sp³-hybridized carbons (Fsp3) is 0.500. The maximum atomic E-state index is 13.1. The molecule has 126 valence electrons. The molecular weight excluding hydrogens is 308 g/mol. The maximum absolute atomic E-state index is 13.1. The summed E-state index contributed by atoms with van der Waals surface area (Å²) in [6, 6.07) is 3.65. The number of halogens is 2. The van der Waals surface area contributed by atoms with Gasteiger partial charge in [0.25, 0.3) is 0 Å². The third-order valence-electron chi connectivity index (χ3n) is 3.85. The average Bonchev–Trinajstić information content (AvgIpc) is 2.89. The smallest absolute Gasteiger partial charge is 0.305 e. The molecule has 1 heterocycles. The highest BCUT2D eigenvalue weighted by Crippen LogP contribution is 2.23. The van der Waals surface area contributed by atoms with Crippen LogP contribution in [0.4, 0.5) is 8.78 Å². The topological polar surface area (TPSA) is 75.6 Å². The number of carbonyl (C=O) groups is 2. The van der Waals surface area contributed by atoms with Crippen LogP contribution in [0.3, 0.4) is 0 Å². The van der Waals surface area contributed by atoms with Crippen LogP contribution in [-0.2, 0) is 20.7 Å². The summed E-state index contributed by atoms with van der Waals surface area (Å²) in [5.74, 6) is -3.06. The van der Waals surface area contributed by atoms with Crippen molar-refractivity contribution in [2.45, 2.75) is 37.6 Å². The number of carbonyl (C=O) groups excluding carboxylic acids is 1. The van der Waals surface area contributed by atoms with Gasteiger partial charge in [-0.1, -0.05) is 6.07 Å². The molecule has 7 heteroatoms. The first kappa shape index (κ1) is 17.3. The Balaban J connectivity index is 1.82. The van der Waals surface area contributed by atoms with Crippen LogP contribution in [0.25, 0.3) is 0 Å². The fourth-order valence-corrected chi connectivity index (χ4v) is 2.69. The van der Waals surface area contributed by atoms with Crippen molar-refractivity contribution < 1.29 is 28.2 Å². The van der Waals surface area contributed by atoms with E-state index in [0.29, 0.717) is 31.4 Å². The molecule has 1 aliphatic rings. The minimum Gasteiger partial charge on any atom is -0.481 e. The van der Waals surface area contributed by atoms with E-state index in [1.165, 1.54) is 6.07 Å². The van der Waals surface area contributed by atoms with Crippen molar-refractivity contribution in [3.05, 3.63) is 35.4 Å². The lowest BCUT2D eigenvalue weighted by Gasteiger charge is -2.27. The Bertz CT molecular complexity index is 585. The highest BCUT2D eigenvalue weighted by Gasteiger charge is 2.38. The second kappa shape index (κ2) is 7.50. The Kier molecular flexibility index (Phi) is 5.65. The molecule has 1 aromatic carbocycles. The van der Waals surface area contributed by atoms with E-state index in [2.05, 4.69) is 5.32 Å². The molecule has 0 aromatic heterocycles. The Hall–Kier alpha value is -2.02. The van der Waals surface area contributed by atoms with E-state index < -0.39 is 23.1 Å². The SMILES string of the molecule is O=C(O)CC1(NC(=O)CCCc2ccc(F)c(F)c2)CCOC1. The molecule has 23 heavy (non-hydrogen) atoms. The molecule has 1 aliphatic heterocycles. The Morgan fingerprint density at radius 2 is 2.09 bits per heavy atom. The second-order valence-electron chi connectivity index (χ2n) is 5.80. The first-order valence-corrected chi connectivity index (χ1v) is 7.45. The van der Waals surface area contributed by atoms with Crippen molar-refractivity contribution in [3.8, 4) is 0 Å². The number of carboxylic acid groups (broad SMARTS) is 1. The summed E-state index contributed by atoms with van der Waals surface area (Å²) < 4.78 is 31.1. The zero-order valence-corrected chi connectivity index (χ0v) is 12.6. The zero-order chi connectivity index (χ0) is 16.9. The van der Waals surface area contributed by atoms with E-state index in [-0.39, 0.29) is 25.4 Å². The second-order valence-corrected chi connectivity index (χ2v) is 5.80. The fourth-order valence-electron chi connectivity index (χ4n) is 2.69. The number of benzene rings is 1. The summed E-state index contributed by atoms with van der Waals surface area (Å²) in [4.78, 5) is 22.9. The minimum atomic E-state index is -0.988. The molecule has 0 aliphatic carbocycles. The van der Waals surface area contributed by atoms with Gasteiger partial charge in [-0.2, -0.15) is 0 Å². The van der Waals surface area contributed by atoms with Crippen LogP contribution in [0.2, 0.25) is 0 Å². The number of amides is 1. The first-order valence-electron chi connectivity index (χ1n) is 7.45. The predicted molar refractivity (Wildman–Crippen MR) is 77.9 cm³/mol. The van der Waals surface area contributed by atoms with Crippen LogP contribution in [0, 0.1) is 11.6 Å². The molecule has 2 rings (SSSR count).